The SMILES string of the molecule is CC/C=C\C/C=C\C/C=C\C/C=C\C/C=C\C/C=C\C/C=C\C/C=C\CCCCCCCCCCC(=O)OC(COC(=O)CCCCCCCCCCCCCCCC/C=C\C/C=C\C/C=C\C/C=C\C/C=C\C/C=C\CC)COC(OCC[N+](C)(C)C)C(=O)[O-]. The Morgan fingerprint density at radius 1 is 0.330 bits per heavy atom. The van der Waals surface area contributed by atoms with Gasteiger partial charge in [0.1, 0.15) is 13.2 Å². The summed E-state index contributed by atoms with van der Waals surface area (Å²) in [5, 5.41) is 11.8. The average molecular weight is 1260 g/mol. The number of allylic oxidation sites excluding steroid dienone is 28. The van der Waals surface area contributed by atoms with Crippen LogP contribution in [0.1, 0.15) is 271 Å². The van der Waals surface area contributed by atoms with Crippen molar-refractivity contribution in [3.8, 4) is 0 Å². The third-order valence-corrected chi connectivity index (χ3v) is 15.0. The van der Waals surface area contributed by atoms with E-state index in [4.69, 9.17) is 18.9 Å². The molecular formula is C82H133NO8. The summed E-state index contributed by atoms with van der Waals surface area (Å²) in [6.07, 6.45) is 103. The van der Waals surface area contributed by atoms with Crippen molar-refractivity contribution in [2.45, 2.75) is 283 Å². The number of hydrogen-bond acceptors (Lipinski definition) is 8. The van der Waals surface area contributed by atoms with Crippen LogP contribution in [0.2, 0.25) is 0 Å². The van der Waals surface area contributed by atoms with Crippen molar-refractivity contribution in [2.75, 3.05) is 47.5 Å². The summed E-state index contributed by atoms with van der Waals surface area (Å²) in [4.78, 5) is 37.5. The highest BCUT2D eigenvalue weighted by Crippen LogP contribution is 2.16. The van der Waals surface area contributed by atoms with Gasteiger partial charge in [-0.1, -0.05) is 300 Å². The molecule has 0 N–H and O–H groups in total. The summed E-state index contributed by atoms with van der Waals surface area (Å²) in [5.41, 5.74) is 0. The second-order valence-electron chi connectivity index (χ2n) is 24.8. The standard InChI is InChI=1S/C82H133NO8/c1-6-8-10-12-14-16-18-20-22-24-26-28-30-32-34-36-38-40-42-44-46-48-50-52-54-56-58-60-62-64-66-68-70-72-79(84)89-76-78(77-90-82(81(86)87)88-75-74-83(3,4)5)91-80(85)73-71-69-67-65-63-61-59-57-55-53-51-49-47-45-43-41-39-37-35-33-31-29-27-25-23-21-19-17-15-13-11-9-7-2/h8-11,14-17,20-23,26-29,32-35,38-41,45,47,51,53,78,82H,6-7,12-13,18-19,24-25,30-31,36-37,42-44,46,48-50,52,54-77H2,1-5H3/b10-8-,11-9-,16-14-,17-15-,22-20-,23-21-,28-26-,29-27-,34-32-,35-33-,40-38-,41-39-,47-45-,53-51-. The zero-order valence-electron chi connectivity index (χ0n) is 58.6. The lowest BCUT2D eigenvalue weighted by atomic mass is 10.0. The fourth-order valence-corrected chi connectivity index (χ4v) is 9.50. The molecule has 9 nitrogen and oxygen atoms in total. The van der Waals surface area contributed by atoms with Crippen LogP contribution in [-0.2, 0) is 33.3 Å². The molecule has 0 fully saturated rings. The van der Waals surface area contributed by atoms with Crippen LogP contribution >= 0.6 is 0 Å². The van der Waals surface area contributed by atoms with Gasteiger partial charge in [0.25, 0.3) is 0 Å². The second-order valence-corrected chi connectivity index (χ2v) is 24.8. The zero-order chi connectivity index (χ0) is 66.1. The number of ether oxygens (including phenoxy) is 4. The Morgan fingerprint density at radius 2 is 0.593 bits per heavy atom. The lowest BCUT2D eigenvalue weighted by molar-refractivity contribution is -0.870. The number of carboxylic acid groups (broad SMARTS) is 1. The number of carbonyl (C=O) groups is 3. The van der Waals surface area contributed by atoms with Gasteiger partial charge in [-0.25, -0.2) is 0 Å². The molecular weight excluding hydrogens is 1130 g/mol. The van der Waals surface area contributed by atoms with Gasteiger partial charge in [-0.05, 0) is 128 Å². The van der Waals surface area contributed by atoms with Crippen LogP contribution in [0.5, 0.6) is 0 Å². The molecule has 0 radical (unpaired) electrons. The highest BCUT2D eigenvalue weighted by Gasteiger charge is 2.22. The third-order valence-electron chi connectivity index (χ3n) is 15.0. The van der Waals surface area contributed by atoms with Crippen LogP contribution < -0.4 is 5.11 Å². The van der Waals surface area contributed by atoms with Crippen molar-refractivity contribution >= 4 is 17.9 Å². The Balaban J connectivity index is 4.17. The quantitative estimate of drug-likeness (QED) is 0.0195. The highest BCUT2D eigenvalue weighted by molar-refractivity contribution is 5.70. The Bertz CT molecular complexity index is 2100. The van der Waals surface area contributed by atoms with E-state index in [1.165, 1.54) is 103 Å². The number of nitrogens with zero attached hydrogens (tertiary/aromatic N) is 1. The number of likely N-dealkylation sites (N-methyl/N-ethyl adjacent to an activating group) is 1. The van der Waals surface area contributed by atoms with Crippen LogP contribution in [0.15, 0.2) is 170 Å². The van der Waals surface area contributed by atoms with Crippen molar-refractivity contribution in [1.29, 1.82) is 0 Å². The van der Waals surface area contributed by atoms with E-state index in [2.05, 4.69) is 184 Å². The van der Waals surface area contributed by atoms with E-state index < -0.39 is 24.3 Å². The molecule has 9 heteroatoms. The molecule has 0 aromatic heterocycles. The number of esters is 2. The Labute approximate surface area is 558 Å². The molecule has 0 amide bonds. The Morgan fingerprint density at radius 3 is 0.879 bits per heavy atom. The second kappa shape index (κ2) is 70.5. The molecule has 0 heterocycles. The van der Waals surface area contributed by atoms with Gasteiger partial charge in [0.2, 0.25) is 0 Å². The first-order valence-electron chi connectivity index (χ1n) is 36.3. The third kappa shape index (κ3) is 71.9. The number of carboxylic acids is 1. The summed E-state index contributed by atoms with van der Waals surface area (Å²) in [6, 6.07) is 0. The molecule has 0 aromatic carbocycles. The van der Waals surface area contributed by atoms with E-state index in [0.29, 0.717) is 17.4 Å². The minimum atomic E-state index is -1.64. The molecule has 0 bridgehead atoms. The van der Waals surface area contributed by atoms with Gasteiger partial charge in [-0.15, -0.1) is 0 Å². The van der Waals surface area contributed by atoms with Crippen LogP contribution in [0.3, 0.4) is 0 Å². The normalized spacial score (nSPS) is 13.7. The van der Waals surface area contributed by atoms with E-state index in [0.717, 1.165) is 135 Å². The zero-order valence-corrected chi connectivity index (χ0v) is 58.6. The monoisotopic (exact) mass is 1260 g/mol. The summed E-state index contributed by atoms with van der Waals surface area (Å²) < 4.78 is 22.8. The van der Waals surface area contributed by atoms with Crippen LogP contribution in [0.4, 0.5) is 0 Å². The van der Waals surface area contributed by atoms with Gasteiger partial charge in [-0.2, -0.15) is 0 Å². The van der Waals surface area contributed by atoms with Gasteiger partial charge < -0.3 is 33.3 Å². The minimum absolute atomic E-state index is 0.138. The van der Waals surface area contributed by atoms with E-state index in [1.807, 2.05) is 21.1 Å². The van der Waals surface area contributed by atoms with Crippen LogP contribution in [0.25, 0.3) is 0 Å². The van der Waals surface area contributed by atoms with Gasteiger partial charge in [0.15, 0.2) is 12.4 Å². The molecule has 0 saturated carbocycles. The van der Waals surface area contributed by atoms with Crippen molar-refractivity contribution in [2.24, 2.45) is 0 Å². The Hall–Kier alpha value is -5.35. The number of aliphatic carboxylic acids is 1. The highest BCUT2D eigenvalue weighted by atomic mass is 16.7. The molecule has 0 aliphatic rings. The fourth-order valence-electron chi connectivity index (χ4n) is 9.50. The van der Waals surface area contributed by atoms with Crippen molar-refractivity contribution in [3.05, 3.63) is 170 Å². The molecule has 0 rings (SSSR count). The summed E-state index contributed by atoms with van der Waals surface area (Å²) in [6.45, 7) is 4.50. The van der Waals surface area contributed by atoms with Crippen LogP contribution in [-0.4, -0.2) is 82.3 Å². The van der Waals surface area contributed by atoms with E-state index in [1.54, 1.807) is 0 Å². The molecule has 0 aliphatic heterocycles. The molecule has 0 aromatic rings. The lowest BCUT2D eigenvalue weighted by Crippen LogP contribution is -2.44. The van der Waals surface area contributed by atoms with E-state index in [9.17, 15) is 19.5 Å². The topological polar surface area (TPSA) is 111 Å². The van der Waals surface area contributed by atoms with Crippen LogP contribution in [0, 0.1) is 0 Å². The summed E-state index contributed by atoms with van der Waals surface area (Å²) >= 11 is 0. The molecule has 2 atom stereocenters. The van der Waals surface area contributed by atoms with Gasteiger partial charge in [0, 0.05) is 12.8 Å². The number of quaternary nitrogens is 1. The molecule has 0 spiro atoms. The predicted octanol–water partition coefficient (Wildman–Crippen LogP) is 21.7. The Kier molecular flexibility index (Phi) is 66.4. The summed E-state index contributed by atoms with van der Waals surface area (Å²) in [5.74, 6) is -2.31. The maximum Gasteiger partial charge on any atom is 0.306 e. The number of rotatable bonds is 65. The first kappa shape index (κ1) is 85.7. The fraction of sp³-hybridized carbons (Fsp3) is 0.622. The molecule has 0 saturated heterocycles. The van der Waals surface area contributed by atoms with Crippen molar-refractivity contribution in [3.63, 3.8) is 0 Å². The first-order chi connectivity index (χ1) is 44.6. The van der Waals surface area contributed by atoms with Gasteiger partial charge in [-0.3, -0.25) is 9.59 Å². The number of hydrogen-bond donors (Lipinski definition) is 0. The van der Waals surface area contributed by atoms with E-state index in [-0.39, 0.29) is 38.6 Å². The van der Waals surface area contributed by atoms with E-state index >= 15 is 0 Å². The summed E-state index contributed by atoms with van der Waals surface area (Å²) in [7, 11) is 5.92. The predicted molar refractivity (Wildman–Crippen MR) is 388 cm³/mol. The molecule has 0 aliphatic carbocycles. The van der Waals surface area contributed by atoms with Crippen molar-refractivity contribution in [1.82, 2.24) is 0 Å². The van der Waals surface area contributed by atoms with Gasteiger partial charge >= 0.3 is 11.9 Å². The largest absolute Gasteiger partial charge is 0.545 e. The smallest absolute Gasteiger partial charge is 0.306 e. The average Bonchev–Trinajstić information content (AvgIpc) is 3.46. The minimum Gasteiger partial charge on any atom is -0.545 e. The molecule has 2 unspecified atom stereocenters. The number of carbonyl (C=O) groups excluding carboxylic acids is 3. The lowest BCUT2D eigenvalue weighted by Gasteiger charge is -2.26. The molecule has 91 heavy (non-hydrogen) atoms. The number of unbranched alkanes of at least 4 members (excludes halogenated alkanes) is 22. The molecule has 514 valence electrons. The first-order valence-corrected chi connectivity index (χ1v) is 36.3. The maximum absolute atomic E-state index is 12.9. The van der Waals surface area contributed by atoms with Gasteiger partial charge in [0.05, 0.1) is 40.3 Å². The van der Waals surface area contributed by atoms with Crippen molar-refractivity contribution < 1.29 is 42.9 Å². The maximum atomic E-state index is 12.9.